The minimum atomic E-state index is -0.247. The Labute approximate surface area is 91.3 Å². The minimum absolute atomic E-state index is 0.247. The van der Waals surface area contributed by atoms with Crippen LogP contribution in [-0.4, -0.2) is 9.38 Å². The highest BCUT2D eigenvalue weighted by Crippen LogP contribution is 2.18. The highest BCUT2D eigenvalue weighted by Gasteiger charge is 2.04. The molecule has 0 fully saturated rings. The third-order valence-electron chi connectivity index (χ3n) is 2.66. The predicted molar refractivity (Wildman–Crippen MR) is 60.5 cm³/mol. The second-order valence-corrected chi connectivity index (χ2v) is 3.70. The molecule has 0 saturated heterocycles. The molecule has 16 heavy (non-hydrogen) atoms. The molecule has 3 aromatic rings. The van der Waals surface area contributed by atoms with Crippen LogP contribution in [0.25, 0.3) is 16.6 Å². The van der Waals surface area contributed by atoms with E-state index in [0.29, 0.717) is 6.54 Å². The van der Waals surface area contributed by atoms with Gasteiger partial charge in [-0.2, -0.15) is 0 Å². The van der Waals surface area contributed by atoms with Crippen molar-refractivity contribution in [3.8, 4) is 0 Å². The highest BCUT2D eigenvalue weighted by molar-refractivity contribution is 5.82. The minimum Gasteiger partial charge on any atom is -0.325 e. The van der Waals surface area contributed by atoms with Crippen LogP contribution in [0.2, 0.25) is 0 Å². The number of hydrogen-bond acceptors (Lipinski definition) is 2. The standard InChI is InChI=1S/C12H10FN3/c13-9-3-1-8-2-4-12-15-10(6-14)7-16(12)11(8)5-9/h1-5,7H,6,14H2. The van der Waals surface area contributed by atoms with Crippen molar-refractivity contribution < 1.29 is 4.39 Å². The van der Waals surface area contributed by atoms with E-state index in [4.69, 9.17) is 5.73 Å². The normalized spacial score (nSPS) is 11.4. The van der Waals surface area contributed by atoms with E-state index in [1.165, 1.54) is 12.1 Å². The first-order chi connectivity index (χ1) is 7.78. The zero-order chi connectivity index (χ0) is 11.1. The van der Waals surface area contributed by atoms with Gasteiger partial charge in [0.15, 0.2) is 0 Å². The number of fused-ring (bicyclic) bond motifs is 3. The van der Waals surface area contributed by atoms with Gasteiger partial charge in [-0.05, 0) is 35.7 Å². The lowest BCUT2D eigenvalue weighted by Crippen LogP contribution is -1.95. The Hall–Kier alpha value is -1.94. The average Bonchev–Trinajstić information content (AvgIpc) is 2.72. The molecule has 0 saturated carbocycles. The van der Waals surface area contributed by atoms with Crippen molar-refractivity contribution in [3.63, 3.8) is 0 Å². The summed E-state index contributed by atoms with van der Waals surface area (Å²) in [5, 5.41) is 0.981. The molecular formula is C12H10FN3. The number of benzene rings is 1. The Bertz CT molecular complexity index is 672. The number of halogens is 1. The summed E-state index contributed by atoms with van der Waals surface area (Å²) in [6.07, 6.45) is 1.84. The van der Waals surface area contributed by atoms with E-state index in [2.05, 4.69) is 4.98 Å². The van der Waals surface area contributed by atoms with Crippen LogP contribution in [-0.2, 0) is 6.54 Å². The third-order valence-corrected chi connectivity index (χ3v) is 2.66. The summed E-state index contributed by atoms with van der Waals surface area (Å²) >= 11 is 0. The summed E-state index contributed by atoms with van der Waals surface area (Å²) in [5.74, 6) is -0.247. The highest BCUT2D eigenvalue weighted by atomic mass is 19.1. The summed E-state index contributed by atoms with van der Waals surface area (Å²) < 4.78 is 15.1. The van der Waals surface area contributed by atoms with Crippen LogP contribution in [0.3, 0.4) is 0 Å². The van der Waals surface area contributed by atoms with Gasteiger partial charge in [0.1, 0.15) is 11.5 Å². The van der Waals surface area contributed by atoms with E-state index >= 15 is 0 Å². The Morgan fingerprint density at radius 3 is 2.88 bits per heavy atom. The fraction of sp³-hybridized carbons (Fsp3) is 0.0833. The lowest BCUT2D eigenvalue weighted by molar-refractivity contribution is 0.629. The molecule has 2 aromatic heterocycles. The van der Waals surface area contributed by atoms with E-state index in [0.717, 1.165) is 22.2 Å². The largest absolute Gasteiger partial charge is 0.325 e. The summed E-state index contributed by atoms with van der Waals surface area (Å²) in [5.41, 5.74) is 7.94. The van der Waals surface area contributed by atoms with Crippen molar-refractivity contribution in [2.45, 2.75) is 6.54 Å². The Morgan fingerprint density at radius 2 is 2.06 bits per heavy atom. The molecule has 80 valence electrons. The SMILES string of the molecule is NCc1cn2c(ccc3ccc(F)cc32)n1. The van der Waals surface area contributed by atoms with Gasteiger partial charge >= 0.3 is 0 Å². The van der Waals surface area contributed by atoms with E-state index in [1.807, 2.05) is 22.7 Å². The molecule has 4 heteroatoms. The van der Waals surface area contributed by atoms with Gasteiger partial charge in [0, 0.05) is 12.7 Å². The molecule has 3 nitrogen and oxygen atoms in total. The molecule has 0 amide bonds. The first-order valence-electron chi connectivity index (χ1n) is 5.04. The first kappa shape index (κ1) is 9.30. The monoisotopic (exact) mass is 215 g/mol. The fourth-order valence-corrected chi connectivity index (χ4v) is 1.88. The van der Waals surface area contributed by atoms with Gasteiger partial charge in [0.05, 0.1) is 11.2 Å². The van der Waals surface area contributed by atoms with Crippen LogP contribution in [0.5, 0.6) is 0 Å². The molecule has 0 aliphatic heterocycles. The molecule has 0 spiro atoms. The first-order valence-corrected chi connectivity index (χ1v) is 5.04. The quantitative estimate of drug-likeness (QED) is 0.675. The van der Waals surface area contributed by atoms with E-state index in [9.17, 15) is 4.39 Å². The van der Waals surface area contributed by atoms with Crippen molar-refractivity contribution in [3.05, 3.63) is 48.0 Å². The van der Waals surface area contributed by atoms with Crippen molar-refractivity contribution in [2.24, 2.45) is 5.73 Å². The zero-order valence-electron chi connectivity index (χ0n) is 8.52. The number of nitrogens with zero attached hydrogens (tertiary/aromatic N) is 2. The molecule has 0 unspecified atom stereocenters. The molecule has 2 N–H and O–H groups in total. The van der Waals surface area contributed by atoms with Crippen molar-refractivity contribution >= 4 is 16.6 Å². The molecule has 0 atom stereocenters. The van der Waals surface area contributed by atoms with Gasteiger partial charge < -0.3 is 5.73 Å². The van der Waals surface area contributed by atoms with Gasteiger partial charge in [0.2, 0.25) is 0 Å². The predicted octanol–water partition coefficient (Wildman–Crippen LogP) is 2.09. The maximum Gasteiger partial charge on any atom is 0.137 e. The van der Waals surface area contributed by atoms with Crippen LogP contribution in [0.1, 0.15) is 5.69 Å². The lowest BCUT2D eigenvalue weighted by atomic mass is 10.2. The van der Waals surface area contributed by atoms with E-state index in [1.54, 1.807) is 6.07 Å². The number of imidazole rings is 1. The van der Waals surface area contributed by atoms with Crippen molar-refractivity contribution in [1.29, 1.82) is 0 Å². The molecular weight excluding hydrogens is 205 g/mol. The number of aromatic nitrogens is 2. The summed E-state index contributed by atoms with van der Waals surface area (Å²) in [6.45, 7) is 0.387. The fourth-order valence-electron chi connectivity index (χ4n) is 1.88. The van der Waals surface area contributed by atoms with Gasteiger partial charge in [-0.3, -0.25) is 4.40 Å². The number of pyridine rings is 1. The van der Waals surface area contributed by atoms with Crippen LogP contribution in [0.4, 0.5) is 4.39 Å². The van der Waals surface area contributed by atoms with Gasteiger partial charge in [0.25, 0.3) is 0 Å². The number of rotatable bonds is 1. The van der Waals surface area contributed by atoms with E-state index < -0.39 is 0 Å². The van der Waals surface area contributed by atoms with Crippen LogP contribution in [0.15, 0.2) is 36.5 Å². The molecule has 0 bridgehead atoms. The van der Waals surface area contributed by atoms with Crippen LogP contribution >= 0.6 is 0 Å². The Morgan fingerprint density at radius 1 is 1.25 bits per heavy atom. The number of hydrogen-bond donors (Lipinski definition) is 1. The summed E-state index contributed by atoms with van der Waals surface area (Å²) in [6, 6.07) is 8.54. The molecule has 0 radical (unpaired) electrons. The van der Waals surface area contributed by atoms with Crippen molar-refractivity contribution in [1.82, 2.24) is 9.38 Å². The van der Waals surface area contributed by atoms with Crippen molar-refractivity contribution in [2.75, 3.05) is 0 Å². The maximum absolute atomic E-state index is 13.2. The molecule has 1 aromatic carbocycles. The van der Waals surface area contributed by atoms with Gasteiger partial charge in [-0.15, -0.1) is 0 Å². The molecule has 3 rings (SSSR count). The van der Waals surface area contributed by atoms with E-state index in [-0.39, 0.29) is 5.82 Å². The zero-order valence-corrected chi connectivity index (χ0v) is 8.52. The summed E-state index contributed by atoms with van der Waals surface area (Å²) in [7, 11) is 0. The molecule has 2 heterocycles. The average molecular weight is 215 g/mol. The van der Waals surface area contributed by atoms with Gasteiger partial charge in [-0.1, -0.05) is 0 Å². The van der Waals surface area contributed by atoms with Crippen LogP contribution < -0.4 is 5.73 Å². The van der Waals surface area contributed by atoms with Crippen LogP contribution in [0, 0.1) is 5.82 Å². The third kappa shape index (κ3) is 1.27. The topological polar surface area (TPSA) is 43.3 Å². The Balaban J connectivity index is 2.46. The summed E-state index contributed by atoms with van der Waals surface area (Å²) in [4.78, 5) is 4.33. The maximum atomic E-state index is 13.2. The second-order valence-electron chi connectivity index (χ2n) is 3.70. The second kappa shape index (κ2) is 3.28. The Kier molecular flexibility index (Phi) is 1.91. The molecule has 0 aliphatic rings. The van der Waals surface area contributed by atoms with Gasteiger partial charge in [-0.25, -0.2) is 9.37 Å². The number of nitrogens with two attached hydrogens (primary N) is 1. The smallest absolute Gasteiger partial charge is 0.137 e. The molecule has 0 aliphatic carbocycles. The lowest BCUT2D eigenvalue weighted by Gasteiger charge is -2.01.